The van der Waals surface area contributed by atoms with Crippen LogP contribution in [0.15, 0.2) is 42.6 Å². The summed E-state index contributed by atoms with van der Waals surface area (Å²) in [4.78, 5) is 3.63. The predicted molar refractivity (Wildman–Crippen MR) is 66.7 cm³/mol. The van der Waals surface area contributed by atoms with Crippen LogP contribution in [0.1, 0.15) is 28.4 Å². The molecule has 2 nitrogen and oxygen atoms in total. The van der Waals surface area contributed by atoms with Gasteiger partial charge in [0.2, 0.25) is 0 Å². The van der Waals surface area contributed by atoms with Gasteiger partial charge in [0, 0.05) is 6.20 Å². The Bertz CT molecular complexity index is 646. The van der Waals surface area contributed by atoms with E-state index >= 15 is 0 Å². The van der Waals surface area contributed by atoms with Gasteiger partial charge in [-0.15, -0.1) is 0 Å². The number of nitrogens with zero attached hydrogens (tertiary/aromatic N) is 1. The van der Waals surface area contributed by atoms with Crippen LogP contribution >= 0.6 is 0 Å². The molecule has 2 aromatic rings. The number of hydrogen-bond acceptors (Lipinski definition) is 2. The van der Waals surface area contributed by atoms with Crippen molar-refractivity contribution in [2.75, 3.05) is 0 Å². The Hall–Kier alpha value is -2.09. The Balaban J connectivity index is 2.39. The SMILES string of the molecule is NC(c1ccc(C(F)(F)F)cc1)c1ncccc1C(F)(F)F. The van der Waals surface area contributed by atoms with Gasteiger partial charge >= 0.3 is 12.4 Å². The van der Waals surface area contributed by atoms with Crippen molar-refractivity contribution in [3.05, 3.63) is 65.0 Å². The molecule has 118 valence electrons. The van der Waals surface area contributed by atoms with E-state index in [2.05, 4.69) is 4.98 Å². The van der Waals surface area contributed by atoms with Crippen LogP contribution in [-0.4, -0.2) is 4.98 Å². The van der Waals surface area contributed by atoms with E-state index in [0.717, 1.165) is 42.6 Å². The fourth-order valence-electron chi connectivity index (χ4n) is 1.94. The Morgan fingerprint density at radius 1 is 0.864 bits per heavy atom. The lowest BCUT2D eigenvalue weighted by molar-refractivity contribution is -0.139. The zero-order valence-electron chi connectivity index (χ0n) is 10.9. The molecule has 0 aliphatic carbocycles. The maximum Gasteiger partial charge on any atom is 0.418 e. The predicted octanol–water partition coefficient (Wildman–Crippen LogP) is 4.17. The monoisotopic (exact) mass is 320 g/mol. The fraction of sp³-hybridized carbons (Fsp3) is 0.214. The van der Waals surface area contributed by atoms with E-state index < -0.39 is 35.2 Å². The van der Waals surface area contributed by atoms with Crippen LogP contribution in [0, 0.1) is 0 Å². The van der Waals surface area contributed by atoms with Crippen LogP contribution < -0.4 is 5.73 Å². The zero-order valence-corrected chi connectivity index (χ0v) is 10.9. The van der Waals surface area contributed by atoms with Crippen LogP contribution in [0.3, 0.4) is 0 Å². The number of halogens is 6. The molecule has 0 spiro atoms. The molecule has 0 radical (unpaired) electrons. The summed E-state index contributed by atoms with van der Waals surface area (Å²) in [6.07, 6.45) is -8.02. The maximum absolute atomic E-state index is 12.9. The molecular weight excluding hydrogens is 310 g/mol. The van der Waals surface area contributed by atoms with Gasteiger partial charge in [0.05, 0.1) is 22.9 Å². The number of hydrogen-bond donors (Lipinski definition) is 1. The summed E-state index contributed by atoms with van der Waals surface area (Å²) < 4.78 is 76.1. The van der Waals surface area contributed by atoms with Gasteiger partial charge in [0.15, 0.2) is 0 Å². The van der Waals surface area contributed by atoms with Crippen LogP contribution in [-0.2, 0) is 12.4 Å². The molecule has 8 heteroatoms. The molecule has 2 N–H and O–H groups in total. The van der Waals surface area contributed by atoms with Gasteiger partial charge in [-0.2, -0.15) is 26.3 Å². The van der Waals surface area contributed by atoms with Crippen molar-refractivity contribution in [1.29, 1.82) is 0 Å². The minimum absolute atomic E-state index is 0.109. The summed E-state index contributed by atoms with van der Waals surface area (Å²) in [6.45, 7) is 0. The van der Waals surface area contributed by atoms with Gasteiger partial charge in [-0.1, -0.05) is 12.1 Å². The first-order valence-corrected chi connectivity index (χ1v) is 6.05. The van der Waals surface area contributed by atoms with Crippen molar-refractivity contribution >= 4 is 0 Å². The molecule has 1 unspecified atom stereocenters. The third kappa shape index (κ3) is 3.38. The average Bonchev–Trinajstić information content (AvgIpc) is 2.45. The van der Waals surface area contributed by atoms with Crippen LogP contribution in [0.4, 0.5) is 26.3 Å². The highest BCUT2D eigenvalue weighted by atomic mass is 19.4. The quantitative estimate of drug-likeness (QED) is 0.844. The topological polar surface area (TPSA) is 38.9 Å². The van der Waals surface area contributed by atoms with Gasteiger partial charge in [-0.05, 0) is 29.8 Å². The molecule has 0 aliphatic heterocycles. The second kappa shape index (κ2) is 5.60. The Labute approximate surface area is 121 Å². The molecule has 22 heavy (non-hydrogen) atoms. The maximum atomic E-state index is 12.9. The number of alkyl halides is 6. The number of benzene rings is 1. The second-order valence-corrected chi connectivity index (χ2v) is 4.53. The normalized spacial score (nSPS) is 14.0. The molecule has 0 saturated heterocycles. The van der Waals surface area contributed by atoms with Gasteiger partial charge < -0.3 is 5.73 Å². The van der Waals surface area contributed by atoms with Crippen molar-refractivity contribution in [3.63, 3.8) is 0 Å². The van der Waals surface area contributed by atoms with Crippen LogP contribution in [0.2, 0.25) is 0 Å². The van der Waals surface area contributed by atoms with Gasteiger partial charge in [0.1, 0.15) is 0 Å². The Morgan fingerprint density at radius 3 is 1.95 bits per heavy atom. The van der Waals surface area contributed by atoms with Gasteiger partial charge in [0.25, 0.3) is 0 Å². The van der Waals surface area contributed by atoms with Crippen molar-refractivity contribution < 1.29 is 26.3 Å². The fourth-order valence-corrected chi connectivity index (χ4v) is 1.94. The van der Waals surface area contributed by atoms with Crippen LogP contribution in [0.25, 0.3) is 0 Å². The molecule has 1 heterocycles. The Morgan fingerprint density at radius 2 is 1.45 bits per heavy atom. The summed E-state index contributed by atoms with van der Waals surface area (Å²) in [5.74, 6) is 0. The van der Waals surface area contributed by atoms with Gasteiger partial charge in [-0.3, -0.25) is 4.98 Å². The standard InChI is InChI=1S/C14H10F6N2/c15-13(16,17)9-5-3-8(4-6-9)11(21)12-10(14(18,19)20)2-1-7-22-12/h1-7,11H,21H2. The summed E-state index contributed by atoms with van der Waals surface area (Å²) in [5.41, 5.74) is 3.49. The summed E-state index contributed by atoms with van der Waals surface area (Å²) >= 11 is 0. The van der Waals surface area contributed by atoms with Crippen molar-refractivity contribution in [2.45, 2.75) is 18.4 Å². The molecule has 0 bridgehead atoms. The first kappa shape index (κ1) is 16.3. The summed E-state index contributed by atoms with van der Waals surface area (Å²) in [7, 11) is 0. The van der Waals surface area contributed by atoms with E-state index in [0.29, 0.717) is 0 Å². The zero-order chi connectivity index (χ0) is 16.5. The number of aromatic nitrogens is 1. The number of nitrogens with two attached hydrogens (primary N) is 1. The summed E-state index contributed by atoms with van der Waals surface area (Å²) in [5, 5.41) is 0. The van der Waals surface area contributed by atoms with Crippen molar-refractivity contribution in [1.82, 2.24) is 4.98 Å². The molecular formula is C14H10F6N2. The highest BCUT2D eigenvalue weighted by molar-refractivity contribution is 5.35. The third-order valence-corrected chi connectivity index (χ3v) is 3.04. The van der Waals surface area contributed by atoms with Crippen LogP contribution in [0.5, 0.6) is 0 Å². The minimum atomic E-state index is -4.65. The first-order valence-electron chi connectivity index (χ1n) is 6.05. The molecule has 0 amide bonds. The molecule has 2 rings (SSSR count). The molecule has 1 atom stereocenters. The first-order chi connectivity index (χ1) is 10.1. The van der Waals surface area contributed by atoms with E-state index in [1.54, 1.807) is 0 Å². The highest BCUT2D eigenvalue weighted by Crippen LogP contribution is 2.35. The smallest absolute Gasteiger partial charge is 0.319 e. The molecule has 1 aromatic heterocycles. The van der Waals surface area contributed by atoms with E-state index in [-0.39, 0.29) is 5.56 Å². The van der Waals surface area contributed by atoms with Crippen molar-refractivity contribution in [2.24, 2.45) is 5.73 Å². The van der Waals surface area contributed by atoms with Crippen molar-refractivity contribution in [3.8, 4) is 0 Å². The van der Waals surface area contributed by atoms with E-state index in [4.69, 9.17) is 5.73 Å². The Kier molecular flexibility index (Phi) is 4.15. The van der Waals surface area contributed by atoms with E-state index in [1.807, 2.05) is 0 Å². The summed E-state index contributed by atoms with van der Waals surface area (Å²) in [6, 6.07) is 4.29. The lowest BCUT2D eigenvalue weighted by atomic mass is 9.99. The molecule has 0 saturated carbocycles. The molecule has 0 aliphatic rings. The molecule has 1 aromatic carbocycles. The minimum Gasteiger partial charge on any atom is -0.319 e. The third-order valence-electron chi connectivity index (χ3n) is 3.04. The van der Waals surface area contributed by atoms with E-state index in [9.17, 15) is 26.3 Å². The lowest BCUT2D eigenvalue weighted by Gasteiger charge is -2.18. The highest BCUT2D eigenvalue weighted by Gasteiger charge is 2.36. The van der Waals surface area contributed by atoms with Gasteiger partial charge in [-0.25, -0.2) is 0 Å². The largest absolute Gasteiger partial charge is 0.418 e. The second-order valence-electron chi connectivity index (χ2n) is 4.53. The number of rotatable bonds is 2. The molecule has 0 fully saturated rings. The average molecular weight is 320 g/mol. The lowest BCUT2D eigenvalue weighted by Crippen LogP contribution is -2.20. The number of pyridine rings is 1. The van der Waals surface area contributed by atoms with E-state index in [1.165, 1.54) is 0 Å².